The van der Waals surface area contributed by atoms with Gasteiger partial charge in [-0.25, -0.2) is 9.78 Å². The zero-order valence-electron chi connectivity index (χ0n) is 7.12. The summed E-state index contributed by atoms with van der Waals surface area (Å²) in [6.07, 6.45) is 3.53. The van der Waals surface area contributed by atoms with Crippen LogP contribution in [0.3, 0.4) is 0 Å². The molecule has 1 unspecified atom stereocenters. The Labute approximate surface area is 75.1 Å². The van der Waals surface area contributed by atoms with Crippen molar-refractivity contribution >= 4 is 5.82 Å². The van der Waals surface area contributed by atoms with E-state index >= 15 is 0 Å². The Hall–Kier alpha value is -1.36. The van der Waals surface area contributed by atoms with Crippen LogP contribution in [0.2, 0.25) is 0 Å². The molecule has 1 aromatic heterocycles. The predicted octanol–water partition coefficient (Wildman–Crippen LogP) is 0.318. The minimum absolute atomic E-state index is 0.0260. The van der Waals surface area contributed by atoms with Crippen molar-refractivity contribution in [2.24, 2.45) is 0 Å². The maximum absolute atomic E-state index is 10.8. The van der Waals surface area contributed by atoms with Crippen molar-refractivity contribution in [2.45, 2.75) is 19.1 Å². The van der Waals surface area contributed by atoms with E-state index in [0.717, 1.165) is 19.4 Å². The van der Waals surface area contributed by atoms with Crippen LogP contribution in [-0.2, 0) is 4.74 Å². The predicted molar refractivity (Wildman–Crippen MR) is 47.5 cm³/mol. The fourth-order valence-corrected chi connectivity index (χ4v) is 1.32. The Balaban J connectivity index is 2.04. The SMILES string of the molecule is O=c1nccc(NC2CCCO2)[nH]1. The zero-order chi connectivity index (χ0) is 9.10. The number of H-pyrrole nitrogens is 1. The van der Waals surface area contributed by atoms with Crippen LogP contribution in [0.15, 0.2) is 17.1 Å². The molecule has 0 radical (unpaired) electrons. The summed E-state index contributed by atoms with van der Waals surface area (Å²) in [5, 5.41) is 3.06. The second-order valence-electron chi connectivity index (χ2n) is 2.93. The van der Waals surface area contributed by atoms with E-state index in [1.807, 2.05) is 0 Å². The third kappa shape index (κ3) is 2.06. The molecule has 2 N–H and O–H groups in total. The number of hydrogen-bond donors (Lipinski definition) is 2. The van der Waals surface area contributed by atoms with E-state index in [4.69, 9.17) is 4.74 Å². The molecule has 0 saturated carbocycles. The normalized spacial score (nSPS) is 21.7. The number of aromatic nitrogens is 2. The van der Waals surface area contributed by atoms with Crippen molar-refractivity contribution in [1.29, 1.82) is 0 Å². The van der Waals surface area contributed by atoms with Crippen LogP contribution in [0.4, 0.5) is 5.82 Å². The number of ether oxygens (including phenoxy) is 1. The summed E-state index contributed by atoms with van der Waals surface area (Å²) >= 11 is 0. The van der Waals surface area contributed by atoms with E-state index < -0.39 is 0 Å². The molecule has 1 fully saturated rings. The van der Waals surface area contributed by atoms with Gasteiger partial charge in [0.05, 0.1) is 0 Å². The van der Waals surface area contributed by atoms with Crippen LogP contribution < -0.4 is 11.0 Å². The number of nitrogens with one attached hydrogen (secondary N) is 2. The van der Waals surface area contributed by atoms with Gasteiger partial charge < -0.3 is 10.1 Å². The maximum atomic E-state index is 10.8. The summed E-state index contributed by atoms with van der Waals surface area (Å²) in [5.74, 6) is 0.659. The Bertz CT molecular complexity index is 330. The van der Waals surface area contributed by atoms with Gasteiger partial charge >= 0.3 is 5.69 Å². The minimum Gasteiger partial charge on any atom is -0.359 e. The van der Waals surface area contributed by atoms with Crippen LogP contribution in [0.1, 0.15) is 12.8 Å². The van der Waals surface area contributed by atoms with E-state index in [1.165, 1.54) is 6.20 Å². The Morgan fingerprint density at radius 2 is 2.62 bits per heavy atom. The second-order valence-corrected chi connectivity index (χ2v) is 2.93. The summed E-state index contributed by atoms with van der Waals surface area (Å²) in [5.41, 5.74) is -0.344. The molecular weight excluding hydrogens is 170 g/mol. The summed E-state index contributed by atoms with van der Waals surface area (Å²) < 4.78 is 5.34. The summed E-state index contributed by atoms with van der Waals surface area (Å²) in [6, 6.07) is 1.71. The van der Waals surface area contributed by atoms with Gasteiger partial charge in [0.1, 0.15) is 12.0 Å². The molecule has 2 heterocycles. The van der Waals surface area contributed by atoms with E-state index in [2.05, 4.69) is 15.3 Å². The highest BCUT2D eigenvalue weighted by molar-refractivity contribution is 5.32. The zero-order valence-corrected chi connectivity index (χ0v) is 7.12. The molecule has 1 aromatic rings. The molecule has 1 aliphatic heterocycles. The first-order valence-corrected chi connectivity index (χ1v) is 4.28. The van der Waals surface area contributed by atoms with Crippen LogP contribution in [0.25, 0.3) is 0 Å². The molecular formula is C8H11N3O2. The first kappa shape index (κ1) is 8.25. The Kier molecular flexibility index (Phi) is 2.27. The van der Waals surface area contributed by atoms with Gasteiger partial charge in [0.2, 0.25) is 0 Å². The van der Waals surface area contributed by atoms with Crippen LogP contribution >= 0.6 is 0 Å². The van der Waals surface area contributed by atoms with E-state index in [9.17, 15) is 4.79 Å². The molecule has 2 rings (SSSR count). The molecule has 13 heavy (non-hydrogen) atoms. The number of hydrogen-bond acceptors (Lipinski definition) is 4. The van der Waals surface area contributed by atoms with Gasteiger partial charge in [-0.3, -0.25) is 4.98 Å². The number of aromatic amines is 1. The standard InChI is InChI=1S/C8H11N3O2/c12-8-9-4-3-6(11-8)10-7-2-1-5-13-7/h3-4,7H,1-2,5H2,(H2,9,10,11,12). The average Bonchev–Trinajstić information content (AvgIpc) is 2.57. The van der Waals surface area contributed by atoms with E-state index in [-0.39, 0.29) is 11.9 Å². The monoisotopic (exact) mass is 181 g/mol. The molecule has 70 valence electrons. The van der Waals surface area contributed by atoms with Gasteiger partial charge in [0.15, 0.2) is 0 Å². The van der Waals surface area contributed by atoms with E-state index in [0.29, 0.717) is 5.82 Å². The van der Waals surface area contributed by atoms with Gasteiger partial charge in [-0.2, -0.15) is 0 Å². The summed E-state index contributed by atoms with van der Waals surface area (Å²) in [4.78, 5) is 16.9. The van der Waals surface area contributed by atoms with Crippen molar-refractivity contribution in [3.05, 3.63) is 22.7 Å². The molecule has 1 atom stereocenters. The van der Waals surface area contributed by atoms with E-state index in [1.54, 1.807) is 6.07 Å². The fourth-order valence-electron chi connectivity index (χ4n) is 1.32. The first-order chi connectivity index (χ1) is 6.34. The lowest BCUT2D eigenvalue weighted by Gasteiger charge is -2.11. The van der Waals surface area contributed by atoms with Crippen molar-refractivity contribution in [1.82, 2.24) is 9.97 Å². The molecule has 0 aliphatic carbocycles. The van der Waals surface area contributed by atoms with Gasteiger partial charge in [-0.05, 0) is 18.9 Å². The van der Waals surface area contributed by atoms with Crippen molar-refractivity contribution in [3.63, 3.8) is 0 Å². The highest BCUT2D eigenvalue weighted by atomic mass is 16.5. The average molecular weight is 181 g/mol. The van der Waals surface area contributed by atoms with Crippen LogP contribution in [0, 0.1) is 0 Å². The van der Waals surface area contributed by atoms with Gasteiger partial charge in [0, 0.05) is 12.8 Å². The topological polar surface area (TPSA) is 67.0 Å². The molecule has 0 bridgehead atoms. The number of nitrogens with zero attached hydrogens (tertiary/aromatic N) is 1. The lowest BCUT2D eigenvalue weighted by atomic mass is 10.3. The van der Waals surface area contributed by atoms with Gasteiger partial charge in [0.25, 0.3) is 0 Å². The lowest BCUT2D eigenvalue weighted by Crippen LogP contribution is -2.21. The number of rotatable bonds is 2. The number of anilines is 1. The Morgan fingerprint density at radius 1 is 1.69 bits per heavy atom. The van der Waals surface area contributed by atoms with Crippen LogP contribution in [-0.4, -0.2) is 22.8 Å². The van der Waals surface area contributed by atoms with Gasteiger partial charge in [-0.1, -0.05) is 0 Å². The second kappa shape index (κ2) is 3.57. The highest BCUT2D eigenvalue weighted by Crippen LogP contribution is 2.13. The molecule has 0 spiro atoms. The van der Waals surface area contributed by atoms with Gasteiger partial charge in [-0.15, -0.1) is 0 Å². The maximum Gasteiger partial charge on any atom is 0.346 e. The molecule has 0 amide bonds. The van der Waals surface area contributed by atoms with Crippen molar-refractivity contribution in [2.75, 3.05) is 11.9 Å². The third-order valence-electron chi connectivity index (χ3n) is 1.92. The summed E-state index contributed by atoms with van der Waals surface area (Å²) in [7, 11) is 0. The van der Waals surface area contributed by atoms with Crippen molar-refractivity contribution in [3.8, 4) is 0 Å². The fraction of sp³-hybridized carbons (Fsp3) is 0.500. The molecule has 0 aromatic carbocycles. The first-order valence-electron chi connectivity index (χ1n) is 4.28. The highest BCUT2D eigenvalue weighted by Gasteiger charge is 2.14. The van der Waals surface area contributed by atoms with Crippen molar-refractivity contribution < 1.29 is 4.74 Å². The molecule has 5 nitrogen and oxygen atoms in total. The third-order valence-corrected chi connectivity index (χ3v) is 1.92. The molecule has 1 saturated heterocycles. The molecule has 1 aliphatic rings. The Morgan fingerprint density at radius 3 is 3.31 bits per heavy atom. The summed E-state index contributed by atoms with van der Waals surface area (Å²) in [6.45, 7) is 0.785. The quantitative estimate of drug-likeness (QED) is 0.689. The molecule has 5 heteroatoms. The lowest BCUT2D eigenvalue weighted by molar-refractivity contribution is 0.131. The van der Waals surface area contributed by atoms with Crippen LogP contribution in [0.5, 0.6) is 0 Å². The largest absolute Gasteiger partial charge is 0.359 e. The smallest absolute Gasteiger partial charge is 0.346 e. The minimum atomic E-state index is -0.344.